The third kappa shape index (κ3) is 6.77. The van der Waals surface area contributed by atoms with E-state index >= 15 is 0 Å². The largest absolute Gasteiger partial charge is 0.337 e. The van der Waals surface area contributed by atoms with E-state index in [1.807, 2.05) is 24.3 Å². The molecular weight excluding hydrogens is 539 g/mol. The molecule has 2 amide bonds. The molecule has 0 bridgehead atoms. The summed E-state index contributed by atoms with van der Waals surface area (Å²) in [5.41, 5.74) is 3.58. The van der Waals surface area contributed by atoms with Crippen molar-refractivity contribution in [2.75, 3.05) is 28.2 Å². The summed E-state index contributed by atoms with van der Waals surface area (Å²) in [6.07, 6.45) is 0.610. The van der Waals surface area contributed by atoms with Gasteiger partial charge in [-0.3, -0.25) is 14.4 Å². The number of thiocarbonyl (C=S) groups is 1. The van der Waals surface area contributed by atoms with E-state index in [9.17, 15) is 19.6 Å². The van der Waals surface area contributed by atoms with E-state index in [4.69, 9.17) is 12.2 Å². The van der Waals surface area contributed by atoms with Crippen molar-refractivity contribution < 1.29 is 14.4 Å². The lowest BCUT2D eigenvalue weighted by Gasteiger charge is -2.25. The maximum absolute atomic E-state index is 12.7. The molecular formula is C27H25N5O3S3. The quantitative estimate of drug-likeness (QED) is 0.202. The van der Waals surface area contributed by atoms with Crippen LogP contribution in [0.2, 0.25) is 0 Å². The summed E-state index contributed by atoms with van der Waals surface area (Å²) in [6.45, 7) is 4.10. The van der Waals surface area contributed by atoms with Gasteiger partial charge in [-0.25, -0.2) is 0 Å². The predicted molar refractivity (Wildman–Crippen MR) is 156 cm³/mol. The van der Waals surface area contributed by atoms with Crippen molar-refractivity contribution in [2.24, 2.45) is 0 Å². The maximum Gasteiger partial charge on any atom is 0.235 e. The Morgan fingerprint density at radius 2 is 1.82 bits per heavy atom. The van der Waals surface area contributed by atoms with Crippen molar-refractivity contribution >= 4 is 74.4 Å². The third-order valence-electron chi connectivity index (χ3n) is 5.88. The number of nitrogens with zero attached hydrogens (tertiary/aromatic N) is 2. The Balaban J connectivity index is 1.32. The average Bonchev–Trinajstić information content (AvgIpc) is 3.23. The fraction of sp³-hybridized carbons (Fsp3) is 0.222. The molecule has 38 heavy (non-hydrogen) atoms. The zero-order valence-corrected chi connectivity index (χ0v) is 23.2. The number of benzene rings is 2. The highest BCUT2D eigenvalue weighted by atomic mass is 32.2. The van der Waals surface area contributed by atoms with Gasteiger partial charge in [0.25, 0.3) is 0 Å². The van der Waals surface area contributed by atoms with Gasteiger partial charge in [0.1, 0.15) is 11.1 Å². The van der Waals surface area contributed by atoms with Gasteiger partial charge in [0, 0.05) is 40.2 Å². The van der Waals surface area contributed by atoms with Crippen molar-refractivity contribution in [3.05, 3.63) is 70.1 Å². The van der Waals surface area contributed by atoms with Crippen LogP contribution in [0.4, 0.5) is 16.4 Å². The Bertz CT molecular complexity index is 1440. The molecule has 0 atom stereocenters. The monoisotopic (exact) mass is 563 g/mol. The van der Waals surface area contributed by atoms with Gasteiger partial charge in [-0.1, -0.05) is 6.07 Å². The highest BCUT2D eigenvalue weighted by molar-refractivity contribution is 8.00. The smallest absolute Gasteiger partial charge is 0.235 e. The summed E-state index contributed by atoms with van der Waals surface area (Å²) in [4.78, 5) is 39.4. The highest BCUT2D eigenvalue weighted by Gasteiger charge is 2.26. The minimum atomic E-state index is -0.210. The van der Waals surface area contributed by atoms with Gasteiger partial charge in [-0.05, 0) is 73.6 Å². The molecule has 1 aromatic heterocycles. The lowest BCUT2D eigenvalue weighted by molar-refractivity contribution is -0.129. The van der Waals surface area contributed by atoms with Gasteiger partial charge in [0.15, 0.2) is 10.9 Å². The fourth-order valence-corrected chi connectivity index (χ4v) is 6.16. The SMILES string of the molecule is CC(=O)c1ccc(NC(=S)Nc2cccc(SCC(=O)Nc3sc4c(c3C#N)CCN(C(C)=O)C4)c2)cc1. The molecule has 2 heterocycles. The minimum Gasteiger partial charge on any atom is -0.337 e. The predicted octanol–water partition coefficient (Wildman–Crippen LogP) is 5.27. The van der Waals surface area contributed by atoms with Crippen LogP contribution >= 0.6 is 35.3 Å². The van der Waals surface area contributed by atoms with E-state index < -0.39 is 0 Å². The van der Waals surface area contributed by atoms with Gasteiger partial charge >= 0.3 is 0 Å². The van der Waals surface area contributed by atoms with Gasteiger partial charge in [0.05, 0.1) is 17.9 Å². The molecule has 8 nitrogen and oxygen atoms in total. The number of thiophene rings is 1. The molecule has 1 aliphatic heterocycles. The number of fused-ring (bicyclic) bond motifs is 1. The number of hydrogen-bond acceptors (Lipinski definition) is 7. The zero-order valence-electron chi connectivity index (χ0n) is 20.8. The van der Waals surface area contributed by atoms with E-state index in [0.29, 0.717) is 40.8 Å². The molecule has 0 spiro atoms. The number of anilines is 3. The van der Waals surface area contributed by atoms with Crippen LogP contribution in [0.15, 0.2) is 53.4 Å². The molecule has 0 saturated carbocycles. The normalized spacial score (nSPS) is 12.2. The second-order valence-electron chi connectivity index (χ2n) is 8.59. The van der Waals surface area contributed by atoms with E-state index in [-0.39, 0.29) is 23.4 Å². The van der Waals surface area contributed by atoms with Gasteiger partial charge < -0.3 is 20.9 Å². The first-order valence-electron chi connectivity index (χ1n) is 11.8. The Labute approximate surface area is 234 Å². The number of hydrogen-bond donors (Lipinski definition) is 3. The number of carbonyl (C=O) groups is 3. The molecule has 2 aromatic carbocycles. The zero-order chi connectivity index (χ0) is 27.2. The molecule has 3 N–H and O–H groups in total. The Morgan fingerprint density at radius 3 is 2.50 bits per heavy atom. The summed E-state index contributed by atoms with van der Waals surface area (Å²) in [6, 6.07) is 16.8. The van der Waals surface area contributed by atoms with Crippen LogP contribution in [0, 0.1) is 11.3 Å². The number of carbonyl (C=O) groups excluding carboxylic acids is 3. The standard InChI is InChI=1S/C27H25N5O3S3/c1-16(33)18-6-8-19(9-7-18)29-27(36)30-20-4-3-5-21(12-20)37-15-25(35)31-26-23(13-28)22-10-11-32(17(2)34)14-24(22)38-26/h3-9,12H,10-11,14-15H2,1-2H3,(H,31,35)(H2,29,30,36). The molecule has 3 aromatic rings. The van der Waals surface area contributed by atoms with Crippen LogP contribution in [0.5, 0.6) is 0 Å². The Kier molecular flexibility index (Phi) is 8.78. The molecule has 0 radical (unpaired) electrons. The average molecular weight is 564 g/mol. The topological polar surface area (TPSA) is 114 Å². The first-order chi connectivity index (χ1) is 18.2. The third-order valence-corrected chi connectivity index (χ3v) is 8.21. The highest BCUT2D eigenvalue weighted by Crippen LogP contribution is 2.37. The number of Topliss-reactive ketones (excluding diaryl/α,β-unsaturated/α-hetero) is 1. The number of nitrogens with one attached hydrogen (secondary N) is 3. The van der Waals surface area contributed by atoms with Crippen LogP contribution < -0.4 is 16.0 Å². The summed E-state index contributed by atoms with van der Waals surface area (Å²) in [5.74, 6) is -0.0396. The molecule has 1 aliphatic rings. The van der Waals surface area contributed by atoms with Crippen LogP contribution in [0.1, 0.15) is 40.2 Å². The molecule has 11 heteroatoms. The van der Waals surface area contributed by atoms with Crippen molar-refractivity contribution in [3.8, 4) is 6.07 Å². The van der Waals surface area contributed by atoms with Gasteiger partial charge in [-0.15, -0.1) is 23.1 Å². The first kappa shape index (κ1) is 27.3. The van der Waals surface area contributed by atoms with Crippen molar-refractivity contribution in [3.63, 3.8) is 0 Å². The minimum absolute atomic E-state index is 0.00104. The Hall–Kier alpha value is -3.72. The van der Waals surface area contributed by atoms with E-state index in [0.717, 1.165) is 26.7 Å². The van der Waals surface area contributed by atoms with Gasteiger partial charge in [-0.2, -0.15) is 5.26 Å². The molecule has 194 valence electrons. The van der Waals surface area contributed by atoms with E-state index in [2.05, 4.69) is 22.0 Å². The summed E-state index contributed by atoms with van der Waals surface area (Å²) in [7, 11) is 0. The second kappa shape index (κ2) is 12.2. The van der Waals surface area contributed by atoms with Crippen molar-refractivity contribution in [1.82, 2.24) is 4.90 Å². The molecule has 0 aliphatic carbocycles. The summed E-state index contributed by atoms with van der Waals surface area (Å²) in [5, 5.41) is 19.7. The summed E-state index contributed by atoms with van der Waals surface area (Å²) < 4.78 is 0. The lowest BCUT2D eigenvalue weighted by atomic mass is 10.0. The molecule has 4 rings (SSSR count). The van der Waals surface area contributed by atoms with Gasteiger partial charge in [0.2, 0.25) is 11.8 Å². The second-order valence-corrected chi connectivity index (χ2v) is 11.1. The first-order valence-corrected chi connectivity index (χ1v) is 14.0. The number of thioether (sulfide) groups is 1. The maximum atomic E-state index is 12.7. The van der Waals surface area contributed by atoms with Crippen LogP contribution in [-0.4, -0.2) is 39.9 Å². The molecule has 0 fully saturated rings. The Morgan fingerprint density at radius 1 is 1.08 bits per heavy atom. The number of nitriles is 1. The van der Waals surface area contributed by atoms with Crippen LogP contribution in [0.25, 0.3) is 0 Å². The summed E-state index contributed by atoms with van der Waals surface area (Å²) >= 11 is 8.14. The number of ketones is 1. The number of rotatable bonds is 7. The number of amides is 2. The molecule has 0 saturated heterocycles. The molecule has 0 unspecified atom stereocenters. The van der Waals surface area contributed by atoms with E-state index in [1.54, 1.807) is 29.2 Å². The van der Waals surface area contributed by atoms with Crippen molar-refractivity contribution in [1.29, 1.82) is 5.26 Å². The van der Waals surface area contributed by atoms with E-state index in [1.165, 1.54) is 36.9 Å². The van der Waals surface area contributed by atoms with Crippen LogP contribution in [-0.2, 0) is 22.6 Å². The van der Waals surface area contributed by atoms with Crippen molar-refractivity contribution in [2.45, 2.75) is 31.7 Å². The van der Waals surface area contributed by atoms with Crippen LogP contribution in [0.3, 0.4) is 0 Å². The fourth-order valence-electron chi connectivity index (χ4n) is 3.94. The lowest BCUT2D eigenvalue weighted by Crippen LogP contribution is -2.33.